The van der Waals surface area contributed by atoms with Gasteiger partial charge in [-0.1, -0.05) is 5.16 Å². The highest BCUT2D eigenvalue weighted by Crippen LogP contribution is 1.91. The molecule has 1 aliphatic rings. The van der Waals surface area contributed by atoms with Gasteiger partial charge < -0.3 is 21.0 Å². The van der Waals surface area contributed by atoms with Crippen LogP contribution in [0.1, 0.15) is 0 Å². The average molecular weight is 145 g/mol. The van der Waals surface area contributed by atoms with Crippen LogP contribution >= 0.6 is 0 Å². The van der Waals surface area contributed by atoms with E-state index in [1.54, 1.807) is 0 Å². The number of nitrogens with one attached hydrogen (secondary N) is 1. The molecule has 1 fully saturated rings. The lowest BCUT2D eigenvalue weighted by molar-refractivity contribution is 0.0936. The first-order valence-electron chi connectivity index (χ1n) is 3.13. The molecule has 0 aromatic rings. The van der Waals surface area contributed by atoms with E-state index in [4.69, 9.17) is 15.7 Å². The van der Waals surface area contributed by atoms with Crippen molar-refractivity contribution >= 4 is 5.84 Å². The Balaban J connectivity index is 2.39. The van der Waals surface area contributed by atoms with Gasteiger partial charge in [-0.25, -0.2) is 0 Å². The monoisotopic (exact) mass is 145 g/mol. The molecular weight excluding hydrogens is 134 g/mol. The zero-order chi connectivity index (χ0) is 7.40. The van der Waals surface area contributed by atoms with E-state index in [1.807, 2.05) is 0 Å². The zero-order valence-corrected chi connectivity index (χ0v) is 5.58. The van der Waals surface area contributed by atoms with Crippen molar-refractivity contribution in [2.75, 3.05) is 19.8 Å². The molecule has 4 N–H and O–H groups in total. The predicted molar refractivity (Wildman–Crippen MR) is 36.0 cm³/mol. The number of hydrogen-bond donors (Lipinski definition) is 3. The predicted octanol–water partition coefficient (Wildman–Crippen LogP) is -1.28. The molecule has 1 heterocycles. The van der Waals surface area contributed by atoms with Crippen LogP contribution in [0.5, 0.6) is 0 Å². The summed E-state index contributed by atoms with van der Waals surface area (Å²) in [6, 6.07) is -0.126. The molecule has 0 saturated carbocycles. The van der Waals surface area contributed by atoms with Crippen LogP contribution in [0.25, 0.3) is 0 Å². The third-order valence-corrected chi connectivity index (χ3v) is 1.39. The molecule has 0 spiro atoms. The van der Waals surface area contributed by atoms with Gasteiger partial charge in [0.25, 0.3) is 0 Å². The Morgan fingerprint density at radius 1 is 1.80 bits per heavy atom. The lowest BCUT2D eigenvalue weighted by Crippen LogP contribution is -2.49. The first-order chi connectivity index (χ1) is 4.84. The summed E-state index contributed by atoms with van der Waals surface area (Å²) in [5, 5.41) is 14.1. The normalized spacial score (nSPS) is 28.4. The maximum atomic E-state index is 8.25. The highest BCUT2D eigenvalue weighted by Gasteiger charge is 2.16. The van der Waals surface area contributed by atoms with E-state index in [2.05, 4.69) is 10.5 Å². The Hall–Kier alpha value is -0.810. The van der Waals surface area contributed by atoms with Crippen LogP contribution in [0.15, 0.2) is 5.16 Å². The van der Waals surface area contributed by atoms with Crippen molar-refractivity contribution in [3.8, 4) is 0 Å². The summed E-state index contributed by atoms with van der Waals surface area (Å²) in [5.74, 6) is 0.180. The minimum absolute atomic E-state index is 0.126. The van der Waals surface area contributed by atoms with E-state index in [0.717, 1.165) is 6.54 Å². The van der Waals surface area contributed by atoms with E-state index in [0.29, 0.717) is 13.2 Å². The number of oxime groups is 1. The van der Waals surface area contributed by atoms with Gasteiger partial charge in [0, 0.05) is 6.54 Å². The van der Waals surface area contributed by atoms with Gasteiger partial charge in [-0.05, 0) is 0 Å². The van der Waals surface area contributed by atoms with Crippen LogP contribution in [0.4, 0.5) is 0 Å². The molecule has 5 heteroatoms. The standard InChI is InChI=1S/C5H11N3O2/c6-5(8-9)4-3-10-2-1-7-4/h4,7,9H,1-3H2,(H2,6,8). The van der Waals surface area contributed by atoms with Crippen molar-refractivity contribution in [3.63, 3.8) is 0 Å². The molecule has 0 amide bonds. The van der Waals surface area contributed by atoms with E-state index in [-0.39, 0.29) is 11.9 Å². The van der Waals surface area contributed by atoms with E-state index in [1.165, 1.54) is 0 Å². The Bertz CT molecular complexity index is 131. The summed E-state index contributed by atoms with van der Waals surface area (Å²) < 4.78 is 5.07. The number of ether oxygens (including phenoxy) is 1. The van der Waals surface area contributed by atoms with Crippen LogP contribution in [-0.4, -0.2) is 36.8 Å². The van der Waals surface area contributed by atoms with Crippen molar-refractivity contribution in [2.24, 2.45) is 10.9 Å². The van der Waals surface area contributed by atoms with Crippen LogP contribution < -0.4 is 11.1 Å². The van der Waals surface area contributed by atoms with Crippen LogP contribution in [-0.2, 0) is 4.74 Å². The summed E-state index contributed by atoms with van der Waals surface area (Å²) in [6.07, 6.45) is 0. The van der Waals surface area contributed by atoms with E-state index < -0.39 is 0 Å². The maximum absolute atomic E-state index is 8.25. The molecule has 0 aliphatic carbocycles. The molecule has 5 nitrogen and oxygen atoms in total. The smallest absolute Gasteiger partial charge is 0.158 e. The minimum atomic E-state index is -0.126. The quantitative estimate of drug-likeness (QED) is 0.186. The Kier molecular flexibility index (Phi) is 2.47. The van der Waals surface area contributed by atoms with Crippen molar-refractivity contribution in [2.45, 2.75) is 6.04 Å². The summed E-state index contributed by atoms with van der Waals surface area (Å²) in [4.78, 5) is 0. The van der Waals surface area contributed by atoms with Gasteiger partial charge >= 0.3 is 0 Å². The summed E-state index contributed by atoms with van der Waals surface area (Å²) in [6.45, 7) is 1.92. The summed E-state index contributed by atoms with van der Waals surface area (Å²) in [7, 11) is 0. The van der Waals surface area contributed by atoms with Gasteiger partial charge in [0.1, 0.15) is 0 Å². The van der Waals surface area contributed by atoms with E-state index in [9.17, 15) is 0 Å². The fourth-order valence-electron chi connectivity index (χ4n) is 0.825. The number of nitrogens with two attached hydrogens (primary N) is 1. The minimum Gasteiger partial charge on any atom is -0.409 e. The number of amidine groups is 1. The average Bonchev–Trinajstić information content (AvgIpc) is 2.05. The molecule has 1 atom stereocenters. The highest BCUT2D eigenvalue weighted by atomic mass is 16.5. The molecule has 10 heavy (non-hydrogen) atoms. The summed E-state index contributed by atoms with van der Waals surface area (Å²) in [5.41, 5.74) is 5.31. The van der Waals surface area contributed by atoms with Gasteiger partial charge in [0.05, 0.1) is 19.3 Å². The van der Waals surface area contributed by atoms with Crippen molar-refractivity contribution in [1.29, 1.82) is 0 Å². The Labute approximate surface area is 58.8 Å². The van der Waals surface area contributed by atoms with Gasteiger partial charge in [-0.3, -0.25) is 0 Å². The van der Waals surface area contributed by atoms with Crippen molar-refractivity contribution < 1.29 is 9.94 Å². The molecule has 1 rings (SSSR count). The number of hydrogen-bond acceptors (Lipinski definition) is 4. The second-order valence-corrected chi connectivity index (χ2v) is 2.11. The lowest BCUT2D eigenvalue weighted by Gasteiger charge is -2.21. The molecule has 0 aromatic heterocycles. The topological polar surface area (TPSA) is 79.9 Å². The summed E-state index contributed by atoms with van der Waals surface area (Å²) >= 11 is 0. The SMILES string of the molecule is N/C(=N\O)C1COCCN1. The van der Waals surface area contributed by atoms with Gasteiger partial charge in [0.2, 0.25) is 0 Å². The molecule has 1 saturated heterocycles. The first kappa shape index (κ1) is 7.30. The Morgan fingerprint density at radius 2 is 2.60 bits per heavy atom. The molecule has 58 valence electrons. The molecule has 0 bridgehead atoms. The molecule has 0 radical (unpaired) electrons. The lowest BCUT2D eigenvalue weighted by atomic mass is 10.2. The van der Waals surface area contributed by atoms with Crippen LogP contribution in [0.2, 0.25) is 0 Å². The van der Waals surface area contributed by atoms with Crippen molar-refractivity contribution in [1.82, 2.24) is 5.32 Å². The molecule has 1 aliphatic heterocycles. The van der Waals surface area contributed by atoms with Crippen LogP contribution in [0, 0.1) is 0 Å². The number of morpholine rings is 1. The Morgan fingerprint density at radius 3 is 3.10 bits per heavy atom. The second kappa shape index (κ2) is 3.38. The largest absolute Gasteiger partial charge is 0.409 e. The third kappa shape index (κ3) is 1.58. The first-order valence-corrected chi connectivity index (χ1v) is 3.13. The molecular formula is C5H11N3O2. The van der Waals surface area contributed by atoms with Gasteiger partial charge in [-0.15, -0.1) is 0 Å². The fourth-order valence-corrected chi connectivity index (χ4v) is 0.825. The zero-order valence-electron chi connectivity index (χ0n) is 5.58. The van der Waals surface area contributed by atoms with Gasteiger partial charge in [-0.2, -0.15) is 0 Å². The fraction of sp³-hybridized carbons (Fsp3) is 0.800. The van der Waals surface area contributed by atoms with Crippen molar-refractivity contribution in [3.05, 3.63) is 0 Å². The number of nitrogens with zero attached hydrogens (tertiary/aromatic N) is 1. The molecule has 1 unspecified atom stereocenters. The maximum Gasteiger partial charge on any atom is 0.158 e. The van der Waals surface area contributed by atoms with Gasteiger partial charge in [0.15, 0.2) is 5.84 Å². The molecule has 0 aromatic carbocycles. The van der Waals surface area contributed by atoms with E-state index >= 15 is 0 Å². The van der Waals surface area contributed by atoms with Crippen LogP contribution in [0.3, 0.4) is 0 Å². The number of rotatable bonds is 1. The highest BCUT2D eigenvalue weighted by molar-refractivity contribution is 5.85. The third-order valence-electron chi connectivity index (χ3n) is 1.39. The second-order valence-electron chi connectivity index (χ2n) is 2.11.